The predicted molar refractivity (Wildman–Crippen MR) is 67.6 cm³/mol. The van der Waals surface area contributed by atoms with Crippen LogP contribution in [0.2, 0.25) is 0 Å². The highest BCUT2D eigenvalue weighted by Crippen LogP contribution is 2.21. The molecule has 0 aliphatic heterocycles. The third kappa shape index (κ3) is 3.56. The Morgan fingerprint density at radius 3 is 2.53 bits per heavy atom. The summed E-state index contributed by atoms with van der Waals surface area (Å²) in [5, 5.41) is 10.1. The molecule has 94 valence electrons. The maximum Gasteiger partial charge on any atom is 0.153 e. The number of aliphatic hydroxyl groups is 1. The summed E-state index contributed by atoms with van der Waals surface area (Å²) >= 11 is 0. The van der Waals surface area contributed by atoms with E-state index in [0.29, 0.717) is 24.2 Å². The Balaban J connectivity index is 2.78. The first-order chi connectivity index (χ1) is 8.04. The van der Waals surface area contributed by atoms with Gasteiger partial charge in [-0.2, -0.15) is 0 Å². The zero-order valence-electron chi connectivity index (χ0n) is 10.7. The van der Waals surface area contributed by atoms with Gasteiger partial charge in [0.05, 0.1) is 11.2 Å². The molecule has 0 aromatic heterocycles. The summed E-state index contributed by atoms with van der Waals surface area (Å²) in [5.74, 6) is 0.533. The molecule has 0 amide bonds. The average Bonchev–Trinajstić information content (AvgIpc) is 2.36. The topological polar surface area (TPSA) is 46.5 Å². The van der Waals surface area contributed by atoms with Crippen LogP contribution in [0.4, 0.5) is 0 Å². The standard InChI is InChI=1S/C14H20O3/c1-4-14(16,5-2)10-17-13-7-6-11(3)8-12(13)9-15/h6-9,16H,4-5,10H2,1-3H3. The van der Waals surface area contributed by atoms with Crippen LogP contribution in [-0.2, 0) is 0 Å². The van der Waals surface area contributed by atoms with Gasteiger partial charge in [0, 0.05) is 0 Å². The van der Waals surface area contributed by atoms with Crippen molar-refractivity contribution in [1.82, 2.24) is 0 Å². The van der Waals surface area contributed by atoms with Crippen LogP contribution in [0.5, 0.6) is 5.75 Å². The van der Waals surface area contributed by atoms with E-state index in [-0.39, 0.29) is 6.61 Å². The van der Waals surface area contributed by atoms with E-state index in [1.54, 1.807) is 12.1 Å². The van der Waals surface area contributed by atoms with Crippen molar-refractivity contribution < 1.29 is 14.6 Å². The summed E-state index contributed by atoms with van der Waals surface area (Å²) in [7, 11) is 0. The Morgan fingerprint density at radius 2 is 2.00 bits per heavy atom. The highest BCUT2D eigenvalue weighted by Gasteiger charge is 2.23. The first-order valence-electron chi connectivity index (χ1n) is 5.95. The number of carbonyl (C=O) groups excluding carboxylic acids is 1. The fourth-order valence-corrected chi connectivity index (χ4v) is 1.56. The molecule has 0 aliphatic carbocycles. The van der Waals surface area contributed by atoms with Crippen LogP contribution >= 0.6 is 0 Å². The number of hydrogen-bond acceptors (Lipinski definition) is 3. The van der Waals surface area contributed by atoms with Crippen molar-refractivity contribution in [2.45, 2.75) is 39.2 Å². The SMILES string of the molecule is CCC(O)(CC)COc1ccc(C)cc1C=O. The maximum absolute atomic E-state index is 10.9. The Bertz CT molecular complexity index is 381. The zero-order valence-corrected chi connectivity index (χ0v) is 10.7. The van der Waals surface area contributed by atoms with Crippen LogP contribution in [0.1, 0.15) is 42.6 Å². The highest BCUT2D eigenvalue weighted by molar-refractivity contribution is 5.79. The summed E-state index contributed by atoms with van der Waals surface area (Å²) in [6.07, 6.45) is 2.04. The Labute approximate surface area is 102 Å². The van der Waals surface area contributed by atoms with Gasteiger partial charge in [0.15, 0.2) is 6.29 Å². The summed E-state index contributed by atoms with van der Waals surface area (Å²) in [6, 6.07) is 5.43. The number of aryl methyl sites for hydroxylation is 1. The minimum Gasteiger partial charge on any atom is -0.490 e. The van der Waals surface area contributed by atoms with Gasteiger partial charge < -0.3 is 9.84 Å². The average molecular weight is 236 g/mol. The first-order valence-corrected chi connectivity index (χ1v) is 5.95. The fourth-order valence-electron chi connectivity index (χ4n) is 1.56. The van der Waals surface area contributed by atoms with Gasteiger partial charge in [0.1, 0.15) is 12.4 Å². The molecule has 0 radical (unpaired) electrons. The van der Waals surface area contributed by atoms with E-state index in [1.807, 2.05) is 26.8 Å². The van der Waals surface area contributed by atoms with E-state index in [2.05, 4.69) is 0 Å². The van der Waals surface area contributed by atoms with Crippen molar-refractivity contribution in [3.8, 4) is 5.75 Å². The summed E-state index contributed by atoms with van der Waals surface area (Å²) in [5.41, 5.74) is 0.727. The molecule has 3 nitrogen and oxygen atoms in total. The van der Waals surface area contributed by atoms with Gasteiger partial charge in [-0.1, -0.05) is 25.5 Å². The van der Waals surface area contributed by atoms with E-state index in [0.717, 1.165) is 11.8 Å². The molecular weight excluding hydrogens is 216 g/mol. The normalized spacial score (nSPS) is 11.3. The molecule has 3 heteroatoms. The van der Waals surface area contributed by atoms with Gasteiger partial charge in [0.25, 0.3) is 0 Å². The maximum atomic E-state index is 10.9. The fraction of sp³-hybridized carbons (Fsp3) is 0.500. The molecule has 1 rings (SSSR count). The molecule has 0 heterocycles. The monoisotopic (exact) mass is 236 g/mol. The van der Waals surface area contributed by atoms with Crippen LogP contribution in [0.15, 0.2) is 18.2 Å². The minimum absolute atomic E-state index is 0.212. The number of carbonyl (C=O) groups is 1. The van der Waals surface area contributed by atoms with Crippen molar-refractivity contribution >= 4 is 6.29 Å². The van der Waals surface area contributed by atoms with Gasteiger partial charge in [-0.15, -0.1) is 0 Å². The lowest BCUT2D eigenvalue weighted by Gasteiger charge is -2.25. The van der Waals surface area contributed by atoms with Gasteiger partial charge >= 0.3 is 0 Å². The van der Waals surface area contributed by atoms with Gasteiger partial charge in [-0.05, 0) is 31.9 Å². The van der Waals surface area contributed by atoms with Crippen LogP contribution in [-0.4, -0.2) is 23.6 Å². The smallest absolute Gasteiger partial charge is 0.153 e. The summed E-state index contributed by atoms with van der Waals surface area (Å²) in [6.45, 7) is 5.97. The molecule has 0 unspecified atom stereocenters. The van der Waals surface area contributed by atoms with Gasteiger partial charge in [-0.25, -0.2) is 0 Å². The van der Waals surface area contributed by atoms with E-state index in [9.17, 15) is 9.90 Å². The second kappa shape index (κ2) is 5.82. The Kier molecular flexibility index (Phi) is 4.70. The second-order valence-corrected chi connectivity index (χ2v) is 4.38. The van der Waals surface area contributed by atoms with E-state index >= 15 is 0 Å². The molecular formula is C14H20O3. The number of hydrogen-bond donors (Lipinski definition) is 1. The molecule has 0 saturated carbocycles. The molecule has 1 N–H and O–H groups in total. The Hall–Kier alpha value is -1.35. The quantitative estimate of drug-likeness (QED) is 0.772. The molecule has 1 aromatic carbocycles. The van der Waals surface area contributed by atoms with Crippen LogP contribution in [0.3, 0.4) is 0 Å². The van der Waals surface area contributed by atoms with Crippen LogP contribution < -0.4 is 4.74 Å². The Morgan fingerprint density at radius 1 is 1.35 bits per heavy atom. The molecule has 17 heavy (non-hydrogen) atoms. The number of ether oxygens (including phenoxy) is 1. The largest absolute Gasteiger partial charge is 0.490 e. The molecule has 0 atom stereocenters. The van der Waals surface area contributed by atoms with Crippen molar-refractivity contribution in [3.63, 3.8) is 0 Å². The second-order valence-electron chi connectivity index (χ2n) is 4.38. The van der Waals surface area contributed by atoms with Crippen LogP contribution in [0, 0.1) is 6.92 Å². The predicted octanol–water partition coefficient (Wildman–Crippen LogP) is 2.74. The summed E-state index contributed by atoms with van der Waals surface area (Å²) < 4.78 is 5.55. The van der Waals surface area contributed by atoms with E-state index < -0.39 is 5.60 Å². The lowest BCUT2D eigenvalue weighted by Crippen LogP contribution is -2.34. The third-order valence-electron chi connectivity index (χ3n) is 3.10. The lowest BCUT2D eigenvalue weighted by atomic mass is 9.99. The van der Waals surface area contributed by atoms with Crippen molar-refractivity contribution in [2.75, 3.05) is 6.61 Å². The van der Waals surface area contributed by atoms with Crippen molar-refractivity contribution in [2.24, 2.45) is 0 Å². The molecule has 0 fully saturated rings. The highest BCUT2D eigenvalue weighted by atomic mass is 16.5. The van der Waals surface area contributed by atoms with E-state index in [4.69, 9.17) is 4.74 Å². The van der Waals surface area contributed by atoms with Crippen LogP contribution in [0.25, 0.3) is 0 Å². The number of benzene rings is 1. The van der Waals surface area contributed by atoms with E-state index in [1.165, 1.54) is 0 Å². The number of rotatable bonds is 6. The van der Waals surface area contributed by atoms with Gasteiger partial charge in [-0.3, -0.25) is 4.79 Å². The first kappa shape index (κ1) is 13.7. The summed E-state index contributed by atoms with van der Waals surface area (Å²) in [4.78, 5) is 10.9. The van der Waals surface area contributed by atoms with Crippen molar-refractivity contribution in [1.29, 1.82) is 0 Å². The molecule has 0 bridgehead atoms. The minimum atomic E-state index is -0.814. The third-order valence-corrected chi connectivity index (χ3v) is 3.10. The zero-order chi connectivity index (χ0) is 12.9. The van der Waals surface area contributed by atoms with Crippen molar-refractivity contribution in [3.05, 3.63) is 29.3 Å². The molecule has 0 spiro atoms. The molecule has 1 aromatic rings. The molecule has 0 saturated heterocycles. The van der Waals surface area contributed by atoms with Gasteiger partial charge in [0.2, 0.25) is 0 Å². The lowest BCUT2D eigenvalue weighted by molar-refractivity contribution is -0.0115. The molecule has 0 aliphatic rings. The number of aldehydes is 1.